The van der Waals surface area contributed by atoms with Crippen molar-refractivity contribution in [3.63, 3.8) is 0 Å². The number of carbonyl (C=O) groups excluding carboxylic acids is 1. The summed E-state index contributed by atoms with van der Waals surface area (Å²) in [7, 11) is 0. The van der Waals surface area contributed by atoms with Crippen LogP contribution in [-0.4, -0.2) is 28.1 Å². The minimum atomic E-state index is -0.424. The van der Waals surface area contributed by atoms with Crippen molar-refractivity contribution in [3.05, 3.63) is 18.7 Å². The summed E-state index contributed by atoms with van der Waals surface area (Å²) in [5.41, 5.74) is 0.374. The van der Waals surface area contributed by atoms with E-state index in [4.69, 9.17) is 4.74 Å². The average molecular weight is 223 g/mol. The van der Waals surface area contributed by atoms with Gasteiger partial charge in [-0.05, 0) is 20.8 Å². The lowest BCUT2D eigenvalue weighted by molar-refractivity contribution is -0.154. The van der Waals surface area contributed by atoms with Gasteiger partial charge < -0.3 is 10.1 Å². The summed E-state index contributed by atoms with van der Waals surface area (Å²) >= 11 is 0. The molecule has 0 unspecified atom stereocenters. The Kier molecular flexibility index (Phi) is 4.22. The highest BCUT2D eigenvalue weighted by Crippen LogP contribution is 2.08. The van der Waals surface area contributed by atoms with Gasteiger partial charge in [0.05, 0.1) is 24.5 Å². The summed E-state index contributed by atoms with van der Waals surface area (Å²) < 4.78 is 5.17. The maximum Gasteiger partial charge on any atom is 0.308 e. The second-order valence-electron chi connectivity index (χ2n) is 4.39. The number of anilines is 1. The van der Waals surface area contributed by atoms with E-state index in [0.29, 0.717) is 13.0 Å². The van der Waals surface area contributed by atoms with E-state index in [-0.39, 0.29) is 5.97 Å². The molecule has 1 aromatic heterocycles. The Morgan fingerprint density at radius 1 is 1.38 bits per heavy atom. The maximum atomic E-state index is 11.4. The van der Waals surface area contributed by atoms with Crippen LogP contribution in [0.15, 0.2) is 18.7 Å². The van der Waals surface area contributed by atoms with Crippen LogP contribution in [0.1, 0.15) is 27.2 Å². The van der Waals surface area contributed by atoms with Gasteiger partial charge in [0, 0.05) is 6.54 Å². The first-order valence-electron chi connectivity index (χ1n) is 5.18. The molecule has 0 fully saturated rings. The largest absolute Gasteiger partial charge is 0.460 e. The van der Waals surface area contributed by atoms with Crippen molar-refractivity contribution in [2.45, 2.75) is 32.8 Å². The zero-order chi connectivity index (χ0) is 12.0. The standard InChI is InChI=1S/C11H17N3O2/c1-11(2,3)16-10(15)4-5-14-9-6-12-8-13-7-9/h6-8,14H,4-5H2,1-3H3. The van der Waals surface area contributed by atoms with Gasteiger partial charge in [-0.2, -0.15) is 0 Å². The molecule has 5 nitrogen and oxygen atoms in total. The molecule has 1 heterocycles. The minimum absolute atomic E-state index is 0.211. The van der Waals surface area contributed by atoms with Gasteiger partial charge in [-0.25, -0.2) is 9.97 Å². The van der Waals surface area contributed by atoms with Crippen molar-refractivity contribution in [2.24, 2.45) is 0 Å². The molecule has 1 aromatic rings. The summed E-state index contributed by atoms with van der Waals surface area (Å²) in [6.07, 6.45) is 5.09. The van der Waals surface area contributed by atoms with E-state index in [1.807, 2.05) is 20.8 Å². The lowest BCUT2D eigenvalue weighted by atomic mass is 10.2. The second-order valence-corrected chi connectivity index (χ2v) is 4.39. The van der Waals surface area contributed by atoms with Crippen LogP contribution < -0.4 is 5.32 Å². The van der Waals surface area contributed by atoms with Crippen LogP contribution in [0.4, 0.5) is 5.69 Å². The third-order valence-corrected chi connectivity index (χ3v) is 1.64. The van der Waals surface area contributed by atoms with Gasteiger partial charge in [-0.1, -0.05) is 0 Å². The van der Waals surface area contributed by atoms with Gasteiger partial charge in [-0.15, -0.1) is 0 Å². The summed E-state index contributed by atoms with van der Waals surface area (Å²) in [5.74, 6) is -0.211. The normalized spacial score (nSPS) is 10.9. The molecular formula is C11H17N3O2. The number of esters is 1. The van der Waals surface area contributed by atoms with Gasteiger partial charge >= 0.3 is 5.97 Å². The molecule has 1 N–H and O–H groups in total. The van der Waals surface area contributed by atoms with Gasteiger partial charge in [-0.3, -0.25) is 4.79 Å². The lowest BCUT2D eigenvalue weighted by Gasteiger charge is -2.19. The summed E-state index contributed by atoms with van der Waals surface area (Å²) in [5, 5.41) is 3.04. The zero-order valence-electron chi connectivity index (χ0n) is 9.86. The minimum Gasteiger partial charge on any atom is -0.460 e. The highest BCUT2D eigenvalue weighted by molar-refractivity contribution is 5.70. The van der Waals surface area contributed by atoms with E-state index < -0.39 is 5.60 Å². The molecule has 0 atom stereocenters. The number of nitrogens with one attached hydrogen (secondary N) is 1. The Morgan fingerprint density at radius 3 is 2.56 bits per heavy atom. The highest BCUT2D eigenvalue weighted by atomic mass is 16.6. The van der Waals surface area contributed by atoms with Crippen LogP contribution in [0.2, 0.25) is 0 Å². The van der Waals surface area contributed by atoms with E-state index >= 15 is 0 Å². The molecule has 0 aliphatic heterocycles. The van der Waals surface area contributed by atoms with Crippen molar-refractivity contribution in [1.82, 2.24) is 9.97 Å². The number of aromatic nitrogens is 2. The molecule has 0 aliphatic rings. The summed E-state index contributed by atoms with van der Waals surface area (Å²) in [6, 6.07) is 0. The van der Waals surface area contributed by atoms with Gasteiger partial charge in [0.2, 0.25) is 0 Å². The van der Waals surface area contributed by atoms with Gasteiger partial charge in [0.1, 0.15) is 11.9 Å². The highest BCUT2D eigenvalue weighted by Gasteiger charge is 2.15. The molecule has 1 rings (SSSR count). The van der Waals surface area contributed by atoms with Crippen molar-refractivity contribution in [1.29, 1.82) is 0 Å². The average Bonchev–Trinajstić information content (AvgIpc) is 2.16. The van der Waals surface area contributed by atoms with Crippen LogP contribution in [-0.2, 0) is 9.53 Å². The Labute approximate surface area is 95.3 Å². The number of carbonyl (C=O) groups is 1. The number of nitrogens with zero attached hydrogens (tertiary/aromatic N) is 2. The molecular weight excluding hydrogens is 206 g/mol. The van der Waals surface area contributed by atoms with E-state index in [1.165, 1.54) is 6.33 Å². The second kappa shape index (κ2) is 5.44. The SMILES string of the molecule is CC(C)(C)OC(=O)CCNc1cncnc1. The van der Waals surface area contributed by atoms with Crippen LogP contribution in [0.25, 0.3) is 0 Å². The van der Waals surface area contributed by atoms with Crippen LogP contribution in [0.5, 0.6) is 0 Å². The van der Waals surface area contributed by atoms with Crippen LogP contribution in [0.3, 0.4) is 0 Å². The fourth-order valence-corrected chi connectivity index (χ4v) is 1.09. The van der Waals surface area contributed by atoms with E-state index in [0.717, 1.165) is 5.69 Å². The zero-order valence-corrected chi connectivity index (χ0v) is 9.86. The fourth-order valence-electron chi connectivity index (χ4n) is 1.09. The maximum absolute atomic E-state index is 11.4. The number of hydrogen-bond donors (Lipinski definition) is 1. The molecule has 0 spiro atoms. The number of hydrogen-bond acceptors (Lipinski definition) is 5. The predicted octanol–water partition coefficient (Wildman–Crippen LogP) is 1.62. The first-order chi connectivity index (χ1) is 7.47. The molecule has 0 aromatic carbocycles. The first-order valence-corrected chi connectivity index (χ1v) is 5.18. The molecule has 0 amide bonds. The van der Waals surface area contributed by atoms with Gasteiger partial charge in [0.25, 0.3) is 0 Å². The van der Waals surface area contributed by atoms with Crippen LogP contribution >= 0.6 is 0 Å². The van der Waals surface area contributed by atoms with Crippen molar-refractivity contribution in [3.8, 4) is 0 Å². The third kappa shape index (κ3) is 5.29. The topological polar surface area (TPSA) is 64.1 Å². The van der Waals surface area contributed by atoms with Crippen LogP contribution in [0, 0.1) is 0 Å². The molecule has 5 heteroatoms. The number of rotatable bonds is 4. The smallest absolute Gasteiger partial charge is 0.308 e. The molecule has 16 heavy (non-hydrogen) atoms. The third-order valence-electron chi connectivity index (χ3n) is 1.64. The van der Waals surface area contributed by atoms with Crippen molar-refractivity contribution >= 4 is 11.7 Å². The summed E-state index contributed by atoms with van der Waals surface area (Å²) in [6.45, 7) is 6.07. The molecule has 88 valence electrons. The Hall–Kier alpha value is -1.65. The molecule has 0 saturated carbocycles. The monoisotopic (exact) mass is 223 g/mol. The summed E-state index contributed by atoms with van der Waals surface area (Å²) in [4.78, 5) is 19.1. The van der Waals surface area contributed by atoms with E-state index in [2.05, 4.69) is 15.3 Å². The van der Waals surface area contributed by atoms with Gasteiger partial charge in [0.15, 0.2) is 0 Å². The quantitative estimate of drug-likeness (QED) is 0.786. The Bertz CT molecular complexity index is 333. The van der Waals surface area contributed by atoms with E-state index in [1.54, 1.807) is 12.4 Å². The lowest BCUT2D eigenvalue weighted by Crippen LogP contribution is -2.25. The van der Waals surface area contributed by atoms with Crippen molar-refractivity contribution < 1.29 is 9.53 Å². The predicted molar refractivity (Wildman–Crippen MR) is 61.0 cm³/mol. The molecule has 0 aliphatic carbocycles. The van der Waals surface area contributed by atoms with E-state index in [9.17, 15) is 4.79 Å². The van der Waals surface area contributed by atoms with Crippen molar-refractivity contribution in [2.75, 3.05) is 11.9 Å². The fraction of sp³-hybridized carbons (Fsp3) is 0.545. The molecule has 0 bridgehead atoms. The molecule has 0 saturated heterocycles. The molecule has 0 radical (unpaired) electrons. The Morgan fingerprint density at radius 2 is 2.00 bits per heavy atom. The number of ether oxygens (including phenoxy) is 1. The Balaban J connectivity index is 2.24. The first kappa shape index (κ1) is 12.4.